The molecule has 2 nitrogen and oxygen atoms in total. The lowest BCUT2D eigenvalue weighted by molar-refractivity contribution is 0.584. The average molecular weight is 334 g/mol. The van der Waals surface area contributed by atoms with E-state index in [-0.39, 0.29) is 5.69 Å². The van der Waals surface area contributed by atoms with E-state index in [1.807, 2.05) is 0 Å². The molecule has 0 aliphatic heterocycles. The number of hydrogen-bond acceptors (Lipinski definition) is 2. The molecule has 0 amide bonds. The number of anilines is 2. The van der Waals surface area contributed by atoms with Gasteiger partial charge in [0.05, 0.1) is 9.50 Å². The normalized spacial score (nSPS) is 10.5. The van der Waals surface area contributed by atoms with E-state index in [9.17, 15) is 8.78 Å². The second kappa shape index (κ2) is 5.20. The van der Waals surface area contributed by atoms with E-state index in [4.69, 9.17) is 11.6 Å². The van der Waals surface area contributed by atoms with E-state index in [0.717, 1.165) is 0 Å². The molecule has 1 aromatic heterocycles. The minimum absolute atomic E-state index is 0.231. The van der Waals surface area contributed by atoms with Crippen molar-refractivity contribution in [2.24, 2.45) is 0 Å². The maximum absolute atomic E-state index is 13.8. The summed E-state index contributed by atoms with van der Waals surface area (Å²) in [5, 5.41) is 3.04. The predicted molar refractivity (Wildman–Crippen MR) is 71.3 cm³/mol. The van der Waals surface area contributed by atoms with Gasteiger partial charge in [0.1, 0.15) is 17.3 Å². The molecule has 1 heterocycles. The van der Waals surface area contributed by atoms with Crippen LogP contribution in [0.2, 0.25) is 5.02 Å². The molecule has 0 atom stereocenters. The van der Waals surface area contributed by atoms with Crippen molar-refractivity contribution in [2.45, 2.75) is 6.92 Å². The SMILES string of the molecule is Cc1ccc(F)c(Nc2ncc(Cl)cc2Br)c1F. The predicted octanol–water partition coefficient (Wildman–Crippen LogP) is 4.83. The van der Waals surface area contributed by atoms with Gasteiger partial charge in [-0.05, 0) is 40.5 Å². The highest BCUT2D eigenvalue weighted by Crippen LogP contribution is 2.29. The van der Waals surface area contributed by atoms with Gasteiger partial charge in [0, 0.05) is 6.20 Å². The monoisotopic (exact) mass is 332 g/mol. The summed E-state index contributed by atoms with van der Waals surface area (Å²) in [6.45, 7) is 1.56. The first kappa shape index (κ1) is 13.2. The maximum Gasteiger partial charge on any atom is 0.152 e. The van der Waals surface area contributed by atoms with Gasteiger partial charge in [-0.3, -0.25) is 0 Å². The Bertz CT molecular complexity index is 605. The van der Waals surface area contributed by atoms with Crippen LogP contribution in [0.5, 0.6) is 0 Å². The third kappa shape index (κ3) is 2.62. The summed E-state index contributed by atoms with van der Waals surface area (Å²) in [6.07, 6.45) is 1.39. The van der Waals surface area contributed by atoms with E-state index in [1.165, 1.54) is 18.3 Å². The molecule has 94 valence electrons. The first-order valence-corrected chi connectivity index (χ1v) is 6.19. The minimum atomic E-state index is -0.679. The molecule has 1 aromatic carbocycles. The number of aryl methyl sites for hydroxylation is 1. The molecule has 0 radical (unpaired) electrons. The van der Waals surface area contributed by atoms with Crippen molar-refractivity contribution in [1.82, 2.24) is 4.98 Å². The van der Waals surface area contributed by atoms with E-state index in [2.05, 4.69) is 26.2 Å². The van der Waals surface area contributed by atoms with Gasteiger partial charge in [-0.15, -0.1) is 0 Å². The average Bonchev–Trinajstić information content (AvgIpc) is 2.32. The van der Waals surface area contributed by atoms with Crippen LogP contribution in [-0.2, 0) is 0 Å². The zero-order valence-corrected chi connectivity index (χ0v) is 11.6. The summed E-state index contributed by atoms with van der Waals surface area (Å²) < 4.78 is 27.9. The Labute approximate surface area is 116 Å². The van der Waals surface area contributed by atoms with Crippen LogP contribution in [0.1, 0.15) is 5.56 Å². The van der Waals surface area contributed by atoms with Crippen molar-refractivity contribution in [3.63, 3.8) is 0 Å². The van der Waals surface area contributed by atoms with Gasteiger partial charge in [0.2, 0.25) is 0 Å². The standard InChI is InChI=1S/C12H8BrClF2N2/c1-6-2-3-9(15)11(10(6)16)18-12-8(13)4-7(14)5-17-12/h2-5H,1H3,(H,17,18). The molecule has 0 aliphatic rings. The molecule has 0 saturated carbocycles. The zero-order valence-electron chi connectivity index (χ0n) is 9.27. The topological polar surface area (TPSA) is 24.9 Å². The number of nitrogens with one attached hydrogen (secondary N) is 1. The van der Waals surface area contributed by atoms with Crippen LogP contribution in [-0.4, -0.2) is 4.98 Å². The molecular formula is C12H8BrClF2N2. The molecule has 2 rings (SSSR count). The quantitative estimate of drug-likeness (QED) is 0.851. The second-order valence-corrected chi connectivity index (χ2v) is 4.95. The summed E-state index contributed by atoms with van der Waals surface area (Å²) in [7, 11) is 0. The summed E-state index contributed by atoms with van der Waals surface area (Å²) in [5.41, 5.74) is 0.120. The Balaban J connectivity index is 2.43. The van der Waals surface area contributed by atoms with Gasteiger partial charge in [-0.25, -0.2) is 13.8 Å². The number of aromatic nitrogens is 1. The smallest absolute Gasteiger partial charge is 0.152 e. The first-order valence-electron chi connectivity index (χ1n) is 5.01. The third-order valence-electron chi connectivity index (χ3n) is 2.34. The molecule has 0 saturated heterocycles. The lowest BCUT2D eigenvalue weighted by atomic mass is 10.2. The highest BCUT2D eigenvalue weighted by Gasteiger charge is 2.13. The minimum Gasteiger partial charge on any atom is -0.334 e. The molecule has 0 unspecified atom stereocenters. The number of nitrogens with zero attached hydrogens (tertiary/aromatic N) is 1. The van der Waals surface area contributed by atoms with Gasteiger partial charge >= 0.3 is 0 Å². The number of pyridine rings is 1. The van der Waals surface area contributed by atoms with Crippen LogP contribution in [0.3, 0.4) is 0 Å². The van der Waals surface area contributed by atoms with Gasteiger partial charge in [-0.1, -0.05) is 17.7 Å². The molecule has 2 aromatic rings. The van der Waals surface area contributed by atoms with Crippen LogP contribution in [0, 0.1) is 18.6 Å². The zero-order chi connectivity index (χ0) is 13.3. The van der Waals surface area contributed by atoms with Gasteiger partial charge in [0.25, 0.3) is 0 Å². The van der Waals surface area contributed by atoms with E-state index >= 15 is 0 Å². The fourth-order valence-corrected chi connectivity index (χ4v) is 2.13. The lowest BCUT2D eigenvalue weighted by Gasteiger charge is -2.11. The molecular weight excluding hydrogens is 325 g/mol. The number of rotatable bonds is 2. The van der Waals surface area contributed by atoms with Crippen LogP contribution in [0.25, 0.3) is 0 Å². The highest BCUT2D eigenvalue weighted by molar-refractivity contribution is 9.10. The van der Waals surface area contributed by atoms with Crippen LogP contribution < -0.4 is 5.32 Å². The third-order valence-corrected chi connectivity index (χ3v) is 3.15. The van der Waals surface area contributed by atoms with Crippen molar-refractivity contribution < 1.29 is 8.78 Å². The van der Waals surface area contributed by atoms with Crippen molar-refractivity contribution >= 4 is 39.0 Å². The van der Waals surface area contributed by atoms with Crippen molar-refractivity contribution in [3.05, 3.63) is 51.1 Å². The fourth-order valence-electron chi connectivity index (χ4n) is 1.40. The second-order valence-electron chi connectivity index (χ2n) is 3.66. The molecule has 0 fully saturated rings. The highest BCUT2D eigenvalue weighted by atomic mass is 79.9. The maximum atomic E-state index is 13.8. The van der Waals surface area contributed by atoms with Crippen LogP contribution in [0.4, 0.5) is 20.3 Å². The Kier molecular flexibility index (Phi) is 3.82. The number of halogens is 4. The molecule has 18 heavy (non-hydrogen) atoms. The van der Waals surface area contributed by atoms with Crippen LogP contribution >= 0.6 is 27.5 Å². The Morgan fingerprint density at radius 1 is 1.33 bits per heavy atom. The molecule has 1 N–H and O–H groups in total. The summed E-state index contributed by atoms with van der Waals surface area (Å²) in [6, 6.07) is 4.16. The number of hydrogen-bond donors (Lipinski definition) is 1. The molecule has 6 heteroatoms. The molecule has 0 bridgehead atoms. The Hall–Kier alpha value is -1.20. The van der Waals surface area contributed by atoms with Gasteiger partial charge in [0.15, 0.2) is 5.82 Å². The van der Waals surface area contributed by atoms with E-state index < -0.39 is 11.6 Å². The van der Waals surface area contributed by atoms with Crippen LogP contribution in [0.15, 0.2) is 28.9 Å². The summed E-state index contributed by atoms with van der Waals surface area (Å²) >= 11 is 8.96. The first-order chi connectivity index (χ1) is 8.49. The Morgan fingerprint density at radius 2 is 2.06 bits per heavy atom. The number of benzene rings is 1. The molecule has 0 aliphatic carbocycles. The summed E-state index contributed by atoms with van der Waals surface area (Å²) in [4.78, 5) is 3.96. The molecule has 0 spiro atoms. The van der Waals surface area contributed by atoms with Gasteiger partial charge < -0.3 is 5.32 Å². The van der Waals surface area contributed by atoms with Crippen molar-refractivity contribution in [1.29, 1.82) is 0 Å². The fraction of sp³-hybridized carbons (Fsp3) is 0.0833. The summed E-state index contributed by atoms with van der Waals surface area (Å²) in [5.74, 6) is -1.02. The lowest BCUT2D eigenvalue weighted by Crippen LogP contribution is -2.01. The van der Waals surface area contributed by atoms with Gasteiger partial charge in [-0.2, -0.15) is 0 Å². The van der Waals surface area contributed by atoms with E-state index in [1.54, 1.807) is 13.0 Å². The van der Waals surface area contributed by atoms with E-state index in [0.29, 0.717) is 20.9 Å². The van der Waals surface area contributed by atoms with Crippen molar-refractivity contribution in [3.8, 4) is 0 Å². The van der Waals surface area contributed by atoms with Crippen molar-refractivity contribution in [2.75, 3.05) is 5.32 Å². The largest absolute Gasteiger partial charge is 0.334 e. The Morgan fingerprint density at radius 3 is 2.72 bits per heavy atom.